The van der Waals surface area contributed by atoms with Crippen molar-refractivity contribution in [3.63, 3.8) is 0 Å². The number of carbonyl (C=O) groups excluding carboxylic acids is 1. The molecule has 3 heterocycles. The molecule has 1 amide bonds. The van der Waals surface area contributed by atoms with Crippen molar-refractivity contribution in [2.75, 3.05) is 26.2 Å². The molecule has 5 heteroatoms. The Bertz CT molecular complexity index is 1080. The fourth-order valence-corrected chi connectivity index (χ4v) is 5.01. The number of carbonyl (C=O) groups is 1. The largest absolute Gasteiger partial charge is 0.354 e. The molecule has 1 aliphatic heterocycles. The molecule has 1 aliphatic rings. The Kier molecular flexibility index (Phi) is 6.95. The van der Waals surface area contributed by atoms with Gasteiger partial charge in [0, 0.05) is 54.4 Å². The molecule has 0 saturated carbocycles. The third-order valence-corrected chi connectivity index (χ3v) is 6.71. The molecule has 0 bridgehead atoms. The van der Waals surface area contributed by atoms with E-state index in [-0.39, 0.29) is 5.91 Å². The van der Waals surface area contributed by atoms with Crippen LogP contribution in [0.3, 0.4) is 0 Å². The van der Waals surface area contributed by atoms with Crippen LogP contribution in [0.25, 0.3) is 22.2 Å². The summed E-state index contributed by atoms with van der Waals surface area (Å²) in [7, 11) is 0. The third-order valence-electron chi connectivity index (χ3n) is 6.71. The Morgan fingerprint density at radius 2 is 2.00 bits per heavy atom. The van der Waals surface area contributed by atoms with E-state index in [1.54, 1.807) is 0 Å². The molecular weight excluding hydrogens is 396 g/mol. The second-order valence-corrected chi connectivity index (χ2v) is 9.32. The lowest BCUT2D eigenvalue weighted by Crippen LogP contribution is -2.39. The first-order valence-electron chi connectivity index (χ1n) is 12.0. The van der Waals surface area contributed by atoms with E-state index in [0.717, 1.165) is 44.7 Å². The number of amides is 1. The van der Waals surface area contributed by atoms with Crippen LogP contribution in [0, 0.1) is 6.92 Å². The zero-order chi connectivity index (χ0) is 22.7. The Morgan fingerprint density at radius 1 is 1.22 bits per heavy atom. The summed E-state index contributed by atoms with van der Waals surface area (Å²) in [6.45, 7) is 12.1. The highest BCUT2D eigenvalue weighted by molar-refractivity contribution is 5.92. The second-order valence-electron chi connectivity index (χ2n) is 9.32. The summed E-state index contributed by atoms with van der Waals surface area (Å²) in [5, 5.41) is 4.57. The number of nitrogens with zero attached hydrogens (tertiary/aromatic N) is 2. The standard InChI is InChI=1S/C27H36N4O/c1-5-28-12-9-25(32)31-14-10-20(11-15-31)21-6-7-24-23(17-21)26(18(2)3)27(30-24)22-8-13-29-19(4)16-22/h6-8,13,16-18,20,28,30H,5,9-12,14-15H2,1-4H3. The lowest BCUT2D eigenvalue weighted by atomic mass is 9.87. The number of aromatic nitrogens is 2. The van der Waals surface area contributed by atoms with Crippen LogP contribution < -0.4 is 5.32 Å². The first kappa shape index (κ1) is 22.5. The number of aromatic amines is 1. The van der Waals surface area contributed by atoms with Gasteiger partial charge in [-0.15, -0.1) is 0 Å². The molecule has 0 radical (unpaired) electrons. The predicted molar refractivity (Wildman–Crippen MR) is 132 cm³/mol. The van der Waals surface area contributed by atoms with Crippen LogP contribution in [0.1, 0.15) is 68.7 Å². The van der Waals surface area contributed by atoms with E-state index in [4.69, 9.17) is 0 Å². The Morgan fingerprint density at radius 3 is 2.69 bits per heavy atom. The first-order chi connectivity index (χ1) is 15.5. The summed E-state index contributed by atoms with van der Waals surface area (Å²) >= 11 is 0. The summed E-state index contributed by atoms with van der Waals surface area (Å²) < 4.78 is 0. The molecule has 1 aromatic carbocycles. The van der Waals surface area contributed by atoms with Crippen molar-refractivity contribution in [3.8, 4) is 11.3 Å². The second kappa shape index (κ2) is 9.86. The van der Waals surface area contributed by atoms with E-state index in [1.807, 2.05) is 18.0 Å². The van der Waals surface area contributed by atoms with Gasteiger partial charge >= 0.3 is 0 Å². The molecule has 2 aromatic heterocycles. The van der Waals surface area contributed by atoms with Crippen molar-refractivity contribution < 1.29 is 4.79 Å². The molecular formula is C27H36N4O. The van der Waals surface area contributed by atoms with Gasteiger partial charge in [0.1, 0.15) is 0 Å². The fourth-order valence-electron chi connectivity index (χ4n) is 5.01. The molecule has 1 fully saturated rings. The highest BCUT2D eigenvalue weighted by Crippen LogP contribution is 2.38. The van der Waals surface area contributed by atoms with Crippen molar-refractivity contribution in [3.05, 3.63) is 53.3 Å². The minimum atomic E-state index is 0.282. The van der Waals surface area contributed by atoms with E-state index in [2.05, 4.69) is 66.4 Å². The molecule has 0 unspecified atom stereocenters. The Hall–Kier alpha value is -2.66. The minimum Gasteiger partial charge on any atom is -0.354 e. The number of likely N-dealkylation sites (tertiary alicyclic amines) is 1. The maximum Gasteiger partial charge on any atom is 0.223 e. The number of hydrogen-bond donors (Lipinski definition) is 2. The molecule has 32 heavy (non-hydrogen) atoms. The fraction of sp³-hybridized carbons (Fsp3) is 0.481. The van der Waals surface area contributed by atoms with Gasteiger partial charge in [-0.1, -0.05) is 26.8 Å². The van der Waals surface area contributed by atoms with Crippen LogP contribution in [0.5, 0.6) is 0 Å². The zero-order valence-corrected chi connectivity index (χ0v) is 19.9. The van der Waals surface area contributed by atoms with Crippen LogP contribution in [-0.2, 0) is 4.79 Å². The van der Waals surface area contributed by atoms with Crippen molar-refractivity contribution >= 4 is 16.8 Å². The molecule has 5 nitrogen and oxygen atoms in total. The summed E-state index contributed by atoms with van der Waals surface area (Å²) in [4.78, 5) is 22.5. The number of H-pyrrole nitrogens is 1. The lowest BCUT2D eigenvalue weighted by Gasteiger charge is -2.32. The van der Waals surface area contributed by atoms with E-state index in [9.17, 15) is 4.79 Å². The SMILES string of the molecule is CCNCCC(=O)N1CCC(c2ccc3[nH]c(-c4ccnc(C)c4)c(C(C)C)c3c2)CC1. The maximum absolute atomic E-state index is 12.4. The lowest BCUT2D eigenvalue weighted by molar-refractivity contribution is -0.132. The van der Waals surface area contributed by atoms with Crippen molar-refractivity contribution in [1.29, 1.82) is 0 Å². The zero-order valence-electron chi connectivity index (χ0n) is 19.9. The summed E-state index contributed by atoms with van der Waals surface area (Å²) in [6.07, 6.45) is 4.56. The topological polar surface area (TPSA) is 61.0 Å². The monoisotopic (exact) mass is 432 g/mol. The molecule has 0 spiro atoms. The van der Waals surface area contributed by atoms with Gasteiger partial charge in [0.25, 0.3) is 0 Å². The van der Waals surface area contributed by atoms with E-state index < -0.39 is 0 Å². The summed E-state index contributed by atoms with van der Waals surface area (Å²) in [5.74, 6) is 1.21. The Labute approximate surface area is 191 Å². The number of nitrogens with one attached hydrogen (secondary N) is 2. The van der Waals surface area contributed by atoms with Crippen LogP contribution >= 0.6 is 0 Å². The molecule has 3 aromatic rings. The highest BCUT2D eigenvalue weighted by Gasteiger charge is 2.25. The number of benzene rings is 1. The number of hydrogen-bond acceptors (Lipinski definition) is 3. The van der Waals surface area contributed by atoms with Gasteiger partial charge < -0.3 is 15.2 Å². The number of pyridine rings is 1. The van der Waals surface area contributed by atoms with E-state index >= 15 is 0 Å². The van der Waals surface area contributed by atoms with Crippen molar-refractivity contribution in [2.45, 2.75) is 58.8 Å². The molecule has 0 aliphatic carbocycles. The van der Waals surface area contributed by atoms with Crippen LogP contribution in [0.2, 0.25) is 0 Å². The van der Waals surface area contributed by atoms with Gasteiger partial charge in [0.15, 0.2) is 0 Å². The predicted octanol–water partition coefficient (Wildman–Crippen LogP) is 5.37. The van der Waals surface area contributed by atoms with E-state index in [0.29, 0.717) is 18.3 Å². The molecule has 1 saturated heterocycles. The average Bonchev–Trinajstić information content (AvgIpc) is 3.18. The van der Waals surface area contributed by atoms with Crippen molar-refractivity contribution in [2.24, 2.45) is 0 Å². The van der Waals surface area contributed by atoms with Crippen LogP contribution in [0.15, 0.2) is 36.5 Å². The average molecular weight is 433 g/mol. The van der Waals surface area contributed by atoms with Crippen molar-refractivity contribution in [1.82, 2.24) is 20.2 Å². The van der Waals surface area contributed by atoms with Gasteiger partial charge in [-0.05, 0) is 73.5 Å². The number of rotatable bonds is 7. The summed E-state index contributed by atoms with van der Waals surface area (Å²) in [6, 6.07) is 11.2. The third kappa shape index (κ3) is 4.73. The van der Waals surface area contributed by atoms with Gasteiger partial charge in [0.2, 0.25) is 5.91 Å². The van der Waals surface area contributed by atoms with Gasteiger partial charge in [-0.25, -0.2) is 0 Å². The van der Waals surface area contributed by atoms with Gasteiger partial charge in [-0.2, -0.15) is 0 Å². The van der Waals surface area contributed by atoms with Gasteiger partial charge in [-0.3, -0.25) is 9.78 Å². The summed E-state index contributed by atoms with van der Waals surface area (Å²) in [5.41, 5.74) is 7.41. The van der Waals surface area contributed by atoms with E-state index in [1.165, 1.54) is 33.3 Å². The number of piperidine rings is 1. The minimum absolute atomic E-state index is 0.282. The smallest absolute Gasteiger partial charge is 0.223 e. The highest BCUT2D eigenvalue weighted by atomic mass is 16.2. The maximum atomic E-state index is 12.4. The molecule has 0 atom stereocenters. The van der Waals surface area contributed by atoms with Crippen LogP contribution in [-0.4, -0.2) is 47.0 Å². The number of aryl methyl sites for hydroxylation is 1. The van der Waals surface area contributed by atoms with Gasteiger partial charge in [0.05, 0.1) is 5.69 Å². The molecule has 4 rings (SSSR count). The Balaban J connectivity index is 1.55. The molecule has 2 N–H and O–H groups in total. The quantitative estimate of drug-likeness (QED) is 0.494. The normalized spacial score (nSPS) is 15.1. The first-order valence-corrected chi connectivity index (χ1v) is 12.0. The van der Waals surface area contributed by atoms with Crippen LogP contribution in [0.4, 0.5) is 0 Å². The molecule has 170 valence electrons. The number of fused-ring (bicyclic) bond motifs is 1.